The summed E-state index contributed by atoms with van der Waals surface area (Å²) in [5, 5.41) is 3.94. The standard InChI is InChI=1S/C10H14ClN.C8H9NO3S.C6H14.C2H2/c1-12-8-2-3-9-4-6-10(11)7-5-9;1-13(11,12)7-4-2-6(3-5-7)8(9)10;1-4-5-6(2)3;1-2/h4-7,12H,2-3,8H2,1H3;2-5H,1H3,(H2,9,10);6H,4-5H2,1-3H3;1-2H. The van der Waals surface area contributed by atoms with Crippen molar-refractivity contribution in [3.8, 4) is 12.8 Å². The van der Waals surface area contributed by atoms with Gasteiger partial charge < -0.3 is 11.1 Å². The first-order valence-corrected chi connectivity index (χ1v) is 13.1. The molecule has 0 saturated heterocycles. The van der Waals surface area contributed by atoms with E-state index in [1.807, 2.05) is 19.2 Å². The lowest BCUT2D eigenvalue weighted by molar-refractivity contribution is 0.1000. The van der Waals surface area contributed by atoms with Crippen molar-refractivity contribution in [1.29, 1.82) is 0 Å². The van der Waals surface area contributed by atoms with Crippen molar-refractivity contribution in [2.45, 2.75) is 51.3 Å². The zero-order chi connectivity index (χ0) is 25.9. The molecule has 0 aliphatic rings. The quantitative estimate of drug-likeness (QED) is 0.381. The smallest absolute Gasteiger partial charge is 0.248 e. The lowest BCUT2D eigenvalue weighted by Gasteiger charge is -2.00. The molecule has 0 unspecified atom stereocenters. The van der Waals surface area contributed by atoms with Gasteiger partial charge in [-0.1, -0.05) is 57.3 Å². The fourth-order valence-corrected chi connectivity index (χ4v) is 3.32. The van der Waals surface area contributed by atoms with Crippen molar-refractivity contribution in [2.24, 2.45) is 11.7 Å². The number of hydrogen-bond acceptors (Lipinski definition) is 4. The molecule has 7 heteroatoms. The number of benzene rings is 2. The van der Waals surface area contributed by atoms with E-state index in [1.54, 1.807) is 0 Å². The molecular formula is C26H39ClN2O3S. The summed E-state index contributed by atoms with van der Waals surface area (Å²) in [4.78, 5) is 10.8. The minimum absolute atomic E-state index is 0.178. The van der Waals surface area contributed by atoms with Crippen molar-refractivity contribution in [2.75, 3.05) is 19.8 Å². The fourth-order valence-electron chi connectivity index (χ4n) is 2.56. The van der Waals surface area contributed by atoms with Gasteiger partial charge in [-0.25, -0.2) is 8.42 Å². The monoisotopic (exact) mass is 494 g/mol. The van der Waals surface area contributed by atoms with E-state index in [2.05, 4.69) is 51.1 Å². The Bertz CT molecular complexity index is 891. The maximum atomic E-state index is 11.0. The number of amides is 1. The number of halogens is 1. The molecule has 0 atom stereocenters. The van der Waals surface area contributed by atoms with Crippen LogP contribution >= 0.6 is 11.6 Å². The Balaban J connectivity index is 0. The van der Waals surface area contributed by atoms with Gasteiger partial charge in [-0.3, -0.25) is 4.79 Å². The maximum absolute atomic E-state index is 11.0. The second kappa shape index (κ2) is 19.2. The van der Waals surface area contributed by atoms with E-state index in [0.29, 0.717) is 5.56 Å². The molecule has 1 amide bonds. The van der Waals surface area contributed by atoms with Gasteiger partial charge in [0.2, 0.25) is 5.91 Å². The highest BCUT2D eigenvalue weighted by Gasteiger charge is 2.07. The lowest BCUT2D eigenvalue weighted by Crippen LogP contribution is -2.10. The van der Waals surface area contributed by atoms with Crippen LogP contribution in [0.2, 0.25) is 5.02 Å². The highest BCUT2D eigenvalue weighted by Crippen LogP contribution is 2.11. The Morgan fingerprint density at radius 2 is 1.58 bits per heavy atom. The number of sulfone groups is 1. The zero-order valence-corrected chi connectivity index (χ0v) is 22.0. The molecule has 0 fully saturated rings. The number of primary amides is 1. The summed E-state index contributed by atoms with van der Waals surface area (Å²) >= 11 is 5.76. The van der Waals surface area contributed by atoms with Crippen molar-refractivity contribution in [3.05, 3.63) is 64.7 Å². The lowest BCUT2D eigenvalue weighted by atomic mass is 10.1. The summed E-state index contributed by atoms with van der Waals surface area (Å²) < 4.78 is 22.0. The van der Waals surface area contributed by atoms with E-state index in [4.69, 9.17) is 17.3 Å². The van der Waals surface area contributed by atoms with Crippen molar-refractivity contribution in [3.63, 3.8) is 0 Å². The number of carbonyl (C=O) groups is 1. The van der Waals surface area contributed by atoms with Crippen LogP contribution in [-0.4, -0.2) is 34.2 Å². The third kappa shape index (κ3) is 17.9. The maximum Gasteiger partial charge on any atom is 0.248 e. The van der Waals surface area contributed by atoms with Gasteiger partial charge in [-0.05, 0) is 74.3 Å². The van der Waals surface area contributed by atoms with Crippen LogP contribution in [-0.2, 0) is 16.3 Å². The van der Waals surface area contributed by atoms with Gasteiger partial charge in [0.1, 0.15) is 0 Å². The third-order valence-corrected chi connectivity index (χ3v) is 5.62. The van der Waals surface area contributed by atoms with E-state index in [9.17, 15) is 13.2 Å². The molecule has 184 valence electrons. The molecule has 2 rings (SSSR count). The van der Waals surface area contributed by atoms with Gasteiger partial charge in [0, 0.05) is 16.8 Å². The number of hydrogen-bond donors (Lipinski definition) is 2. The highest BCUT2D eigenvalue weighted by atomic mass is 35.5. The van der Waals surface area contributed by atoms with Crippen molar-refractivity contribution < 1.29 is 13.2 Å². The summed E-state index contributed by atoms with van der Waals surface area (Å²) in [5.41, 5.74) is 6.64. The number of nitrogens with two attached hydrogens (primary N) is 1. The van der Waals surface area contributed by atoms with Gasteiger partial charge in [0.05, 0.1) is 4.90 Å². The number of terminal acetylenes is 1. The van der Waals surface area contributed by atoms with Crippen LogP contribution in [0.15, 0.2) is 53.4 Å². The van der Waals surface area contributed by atoms with Crippen LogP contribution in [0.25, 0.3) is 0 Å². The number of nitrogens with one attached hydrogen (secondary N) is 1. The van der Waals surface area contributed by atoms with Crippen LogP contribution in [0.1, 0.15) is 56.0 Å². The third-order valence-electron chi connectivity index (χ3n) is 4.24. The molecule has 0 saturated carbocycles. The fraction of sp³-hybridized carbons (Fsp3) is 0.423. The average molecular weight is 495 g/mol. The predicted octanol–water partition coefficient (Wildman–Crippen LogP) is 5.37. The number of carbonyl (C=O) groups excluding carboxylic acids is 1. The molecule has 2 aromatic rings. The Kier molecular flexibility index (Phi) is 19.1. The summed E-state index contributed by atoms with van der Waals surface area (Å²) in [6, 6.07) is 13.5. The predicted molar refractivity (Wildman–Crippen MR) is 141 cm³/mol. The Hall–Kier alpha value is -2.33. The molecule has 33 heavy (non-hydrogen) atoms. The molecule has 0 aliphatic carbocycles. The first-order valence-electron chi connectivity index (χ1n) is 10.8. The molecule has 2 aromatic carbocycles. The topological polar surface area (TPSA) is 89.3 Å². The van der Waals surface area contributed by atoms with Gasteiger partial charge in [-0.15, -0.1) is 12.8 Å². The average Bonchev–Trinajstić information content (AvgIpc) is 2.77. The summed E-state index contributed by atoms with van der Waals surface area (Å²) in [5.74, 6) is 0.329. The van der Waals surface area contributed by atoms with E-state index < -0.39 is 15.7 Å². The van der Waals surface area contributed by atoms with E-state index in [1.165, 1.54) is 49.1 Å². The minimum Gasteiger partial charge on any atom is -0.366 e. The molecule has 5 nitrogen and oxygen atoms in total. The Labute approximate surface area is 206 Å². The molecule has 0 radical (unpaired) electrons. The van der Waals surface area contributed by atoms with Crippen LogP contribution in [0.3, 0.4) is 0 Å². The molecule has 3 N–H and O–H groups in total. The first kappa shape index (κ1) is 32.8. The second-order valence-electron chi connectivity index (χ2n) is 7.68. The normalized spacial score (nSPS) is 9.97. The van der Waals surface area contributed by atoms with Crippen LogP contribution in [0, 0.1) is 18.8 Å². The summed E-state index contributed by atoms with van der Waals surface area (Å²) in [6.45, 7) is 7.80. The molecular weight excluding hydrogens is 456 g/mol. The Morgan fingerprint density at radius 1 is 1.06 bits per heavy atom. The van der Waals surface area contributed by atoms with Crippen molar-refractivity contribution >= 4 is 27.3 Å². The van der Waals surface area contributed by atoms with Gasteiger partial charge >= 0.3 is 0 Å². The first-order chi connectivity index (χ1) is 15.5. The molecule has 0 aliphatic heterocycles. The van der Waals surface area contributed by atoms with Gasteiger partial charge in [0.15, 0.2) is 9.84 Å². The van der Waals surface area contributed by atoms with Crippen LogP contribution in [0.4, 0.5) is 0 Å². The van der Waals surface area contributed by atoms with E-state index in [0.717, 1.165) is 30.2 Å². The molecule has 0 bridgehead atoms. The molecule has 0 heterocycles. The van der Waals surface area contributed by atoms with E-state index in [-0.39, 0.29) is 4.90 Å². The Morgan fingerprint density at radius 3 is 1.91 bits per heavy atom. The number of rotatable bonds is 8. The van der Waals surface area contributed by atoms with Gasteiger partial charge in [-0.2, -0.15) is 0 Å². The van der Waals surface area contributed by atoms with Crippen LogP contribution < -0.4 is 11.1 Å². The SMILES string of the molecule is C#C.CCCC(C)C.CNCCCc1ccc(Cl)cc1.CS(=O)(=O)c1ccc(C(N)=O)cc1. The number of aryl methyl sites for hydroxylation is 1. The van der Waals surface area contributed by atoms with Crippen LogP contribution in [0.5, 0.6) is 0 Å². The molecule has 0 spiro atoms. The minimum atomic E-state index is -3.20. The van der Waals surface area contributed by atoms with E-state index >= 15 is 0 Å². The second-order valence-corrected chi connectivity index (χ2v) is 10.1. The largest absolute Gasteiger partial charge is 0.366 e. The van der Waals surface area contributed by atoms with Gasteiger partial charge in [0.25, 0.3) is 0 Å². The summed E-state index contributed by atoms with van der Waals surface area (Å²) in [6.07, 6.45) is 14.1. The zero-order valence-electron chi connectivity index (χ0n) is 20.5. The molecule has 0 aromatic heterocycles. The highest BCUT2D eigenvalue weighted by molar-refractivity contribution is 7.90. The summed E-state index contributed by atoms with van der Waals surface area (Å²) in [7, 11) is -1.22. The van der Waals surface area contributed by atoms with Crippen molar-refractivity contribution in [1.82, 2.24) is 5.32 Å².